The zero-order chi connectivity index (χ0) is 12.4. The van der Waals surface area contributed by atoms with Crippen LogP contribution < -0.4 is 5.32 Å². The average molecular weight is 273 g/mol. The molecule has 0 spiro atoms. The first-order valence-electron chi connectivity index (χ1n) is 6.28. The molecule has 2 nitrogen and oxygen atoms in total. The van der Waals surface area contributed by atoms with Crippen molar-refractivity contribution in [1.82, 2.24) is 10.2 Å². The lowest BCUT2D eigenvalue weighted by atomic mass is 10.1. The van der Waals surface area contributed by atoms with E-state index in [9.17, 15) is 4.39 Å². The van der Waals surface area contributed by atoms with Crippen LogP contribution >= 0.6 is 12.4 Å². The van der Waals surface area contributed by atoms with E-state index in [2.05, 4.69) is 24.1 Å². The second kappa shape index (κ2) is 6.50. The fourth-order valence-corrected chi connectivity index (χ4v) is 2.56. The van der Waals surface area contributed by atoms with E-state index in [1.165, 1.54) is 0 Å². The molecule has 1 aromatic carbocycles. The highest BCUT2D eigenvalue weighted by molar-refractivity contribution is 5.85. The Bertz CT molecular complexity index is 387. The number of piperazine rings is 1. The van der Waals surface area contributed by atoms with E-state index in [1.54, 1.807) is 13.0 Å². The first kappa shape index (κ1) is 15.4. The highest BCUT2D eigenvalue weighted by Gasteiger charge is 2.20. The molecular formula is C14H22ClFN2. The van der Waals surface area contributed by atoms with Gasteiger partial charge in [0.15, 0.2) is 0 Å². The molecule has 1 aliphatic rings. The number of aryl methyl sites for hydroxylation is 1. The summed E-state index contributed by atoms with van der Waals surface area (Å²) in [7, 11) is 0. The van der Waals surface area contributed by atoms with Crippen molar-refractivity contribution in [2.45, 2.75) is 39.4 Å². The molecule has 1 N–H and O–H groups in total. The number of hydrogen-bond donors (Lipinski definition) is 1. The molecule has 102 valence electrons. The molecule has 0 bridgehead atoms. The van der Waals surface area contributed by atoms with E-state index in [0.717, 1.165) is 30.8 Å². The molecule has 1 aromatic rings. The van der Waals surface area contributed by atoms with Gasteiger partial charge in [0.2, 0.25) is 0 Å². The molecule has 0 saturated carbocycles. The van der Waals surface area contributed by atoms with Crippen molar-refractivity contribution in [3.8, 4) is 0 Å². The van der Waals surface area contributed by atoms with Gasteiger partial charge in [-0.15, -0.1) is 12.4 Å². The molecule has 0 aliphatic carbocycles. The number of rotatable bonds is 2. The predicted octanol–water partition coefficient (Wildman–Crippen LogP) is 2.74. The Hall–Kier alpha value is -0.640. The van der Waals surface area contributed by atoms with Crippen LogP contribution in [0.1, 0.15) is 25.0 Å². The standard InChI is InChI=1S/C14H21FN2.ClH/c1-10-4-5-13(6-14(10)15)9-17-7-11(2)16-12(3)8-17;/h4-6,11-12,16H,7-9H2,1-3H3;1H. The number of nitrogens with one attached hydrogen (secondary N) is 1. The molecule has 2 unspecified atom stereocenters. The van der Waals surface area contributed by atoms with Gasteiger partial charge in [-0.2, -0.15) is 0 Å². The number of hydrogen-bond acceptors (Lipinski definition) is 2. The van der Waals surface area contributed by atoms with Gasteiger partial charge in [0.1, 0.15) is 5.82 Å². The van der Waals surface area contributed by atoms with Crippen molar-refractivity contribution in [3.05, 3.63) is 35.1 Å². The molecule has 0 amide bonds. The first-order valence-corrected chi connectivity index (χ1v) is 6.28. The van der Waals surface area contributed by atoms with Crippen LogP contribution in [0.25, 0.3) is 0 Å². The van der Waals surface area contributed by atoms with Gasteiger partial charge in [-0.25, -0.2) is 4.39 Å². The Morgan fingerprint density at radius 2 is 1.89 bits per heavy atom. The van der Waals surface area contributed by atoms with Crippen molar-refractivity contribution < 1.29 is 4.39 Å². The number of nitrogens with zero attached hydrogens (tertiary/aromatic N) is 1. The molecule has 1 aliphatic heterocycles. The second-order valence-electron chi connectivity index (χ2n) is 5.25. The van der Waals surface area contributed by atoms with Crippen LogP contribution in [0.4, 0.5) is 4.39 Å². The minimum absolute atomic E-state index is 0. The third-order valence-electron chi connectivity index (χ3n) is 3.28. The molecule has 1 fully saturated rings. The maximum absolute atomic E-state index is 13.5. The molecule has 1 saturated heterocycles. The summed E-state index contributed by atoms with van der Waals surface area (Å²) in [5, 5.41) is 3.50. The van der Waals surface area contributed by atoms with E-state index in [-0.39, 0.29) is 18.2 Å². The van der Waals surface area contributed by atoms with Crippen LogP contribution in [-0.2, 0) is 6.54 Å². The van der Waals surface area contributed by atoms with Crippen molar-refractivity contribution in [2.24, 2.45) is 0 Å². The molecular weight excluding hydrogens is 251 g/mol. The third-order valence-corrected chi connectivity index (χ3v) is 3.28. The predicted molar refractivity (Wildman–Crippen MR) is 75.7 cm³/mol. The molecule has 2 rings (SSSR count). The molecule has 2 atom stereocenters. The zero-order valence-electron chi connectivity index (χ0n) is 11.2. The molecule has 1 heterocycles. The minimum Gasteiger partial charge on any atom is -0.309 e. The average Bonchev–Trinajstić information content (AvgIpc) is 2.22. The summed E-state index contributed by atoms with van der Waals surface area (Å²) in [6.45, 7) is 9.08. The molecule has 18 heavy (non-hydrogen) atoms. The Labute approximate surface area is 115 Å². The highest BCUT2D eigenvalue weighted by atomic mass is 35.5. The smallest absolute Gasteiger partial charge is 0.126 e. The summed E-state index contributed by atoms with van der Waals surface area (Å²) in [4.78, 5) is 2.38. The third kappa shape index (κ3) is 3.94. The summed E-state index contributed by atoms with van der Waals surface area (Å²) in [5.74, 6) is -0.0984. The summed E-state index contributed by atoms with van der Waals surface area (Å²) in [6, 6.07) is 6.56. The summed E-state index contributed by atoms with van der Waals surface area (Å²) in [5.41, 5.74) is 1.78. The maximum Gasteiger partial charge on any atom is 0.126 e. The van der Waals surface area contributed by atoms with Crippen molar-refractivity contribution >= 4 is 12.4 Å². The van der Waals surface area contributed by atoms with Gasteiger partial charge in [-0.1, -0.05) is 12.1 Å². The fraction of sp³-hybridized carbons (Fsp3) is 0.571. The second-order valence-corrected chi connectivity index (χ2v) is 5.25. The Balaban J connectivity index is 0.00000162. The van der Waals surface area contributed by atoms with Gasteiger partial charge >= 0.3 is 0 Å². The van der Waals surface area contributed by atoms with E-state index < -0.39 is 0 Å². The van der Waals surface area contributed by atoms with Crippen LogP contribution in [0.2, 0.25) is 0 Å². The molecule has 0 radical (unpaired) electrons. The zero-order valence-corrected chi connectivity index (χ0v) is 12.1. The lowest BCUT2D eigenvalue weighted by molar-refractivity contribution is 0.166. The molecule has 4 heteroatoms. The van der Waals surface area contributed by atoms with E-state index in [0.29, 0.717) is 12.1 Å². The SMILES string of the molecule is Cc1ccc(CN2CC(C)NC(C)C2)cc1F.Cl. The maximum atomic E-state index is 13.5. The van der Waals surface area contributed by atoms with E-state index in [1.807, 2.05) is 12.1 Å². The van der Waals surface area contributed by atoms with Crippen LogP contribution in [0.3, 0.4) is 0 Å². The summed E-state index contributed by atoms with van der Waals surface area (Å²) in [6.07, 6.45) is 0. The largest absolute Gasteiger partial charge is 0.309 e. The quantitative estimate of drug-likeness (QED) is 0.891. The van der Waals surface area contributed by atoms with Crippen molar-refractivity contribution in [2.75, 3.05) is 13.1 Å². The normalized spacial score (nSPS) is 24.7. The molecule has 0 aromatic heterocycles. The Kier molecular flexibility index (Phi) is 5.57. The van der Waals surface area contributed by atoms with Crippen molar-refractivity contribution in [3.63, 3.8) is 0 Å². The van der Waals surface area contributed by atoms with Gasteiger partial charge in [0.05, 0.1) is 0 Å². The van der Waals surface area contributed by atoms with E-state index >= 15 is 0 Å². The first-order chi connectivity index (χ1) is 8.04. The van der Waals surface area contributed by atoms with Gasteiger partial charge < -0.3 is 5.32 Å². The monoisotopic (exact) mass is 272 g/mol. The van der Waals surface area contributed by atoms with Crippen LogP contribution in [0.15, 0.2) is 18.2 Å². The lowest BCUT2D eigenvalue weighted by Gasteiger charge is -2.36. The van der Waals surface area contributed by atoms with Crippen LogP contribution in [-0.4, -0.2) is 30.1 Å². The number of halogens is 2. The van der Waals surface area contributed by atoms with Crippen LogP contribution in [0.5, 0.6) is 0 Å². The fourth-order valence-electron chi connectivity index (χ4n) is 2.56. The topological polar surface area (TPSA) is 15.3 Å². The Morgan fingerprint density at radius 3 is 2.44 bits per heavy atom. The van der Waals surface area contributed by atoms with Gasteiger partial charge in [0.25, 0.3) is 0 Å². The Morgan fingerprint density at radius 1 is 1.28 bits per heavy atom. The highest BCUT2D eigenvalue weighted by Crippen LogP contribution is 2.13. The summed E-state index contributed by atoms with van der Waals surface area (Å²) < 4.78 is 13.5. The lowest BCUT2D eigenvalue weighted by Crippen LogP contribution is -2.53. The van der Waals surface area contributed by atoms with Gasteiger partial charge in [-0.3, -0.25) is 4.90 Å². The van der Waals surface area contributed by atoms with E-state index in [4.69, 9.17) is 0 Å². The van der Waals surface area contributed by atoms with Gasteiger partial charge in [0, 0.05) is 31.7 Å². The summed E-state index contributed by atoms with van der Waals surface area (Å²) >= 11 is 0. The van der Waals surface area contributed by atoms with Gasteiger partial charge in [-0.05, 0) is 38.0 Å². The minimum atomic E-state index is -0.0984. The van der Waals surface area contributed by atoms with Crippen LogP contribution in [0, 0.1) is 12.7 Å². The number of benzene rings is 1. The van der Waals surface area contributed by atoms with Crippen molar-refractivity contribution in [1.29, 1.82) is 0 Å².